The van der Waals surface area contributed by atoms with Crippen molar-refractivity contribution in [2.75, 3.05) is 13.3 Å². The largest absolute Gasteiger partial charge is 0.459 e. The topological polar surface area (TPSA) is 52.6 Å². The first-order chi connectivity index (χ1) is 8.67. The second-order valence-corrected chi connectivity index (χ2v) is 3.36. The Labute approximate surface area is 103 Å². The lowest BCUT2D eigenvalue weighted by atomic mass is 10.1. The molecule has 0 unspecified atom stereocenters. The van der Waals surface area contributed by atoms with Gasteiger partial charge in [-0.3, -0.25) is 0 Å². The minimum atomic E-state index is -1.20. The van der Waals surface area contributed by atoms with Gasteiger partial charge in [-0.15, -0.1) is 0 Å². The SMILES string of the molecule is O=C(CF)OCc1ccccc1COC(=O)CF. The second kappa shape index (κ2) is 7.37. The number of halogens is 2. The van der Waals surface area contributed by atoms with Crippen LogP contribution in [0.15, 0.2) is 24.3 Å². The van der Waals surface area contributed by atoms with Gasteiger partial charge in [0.25, 0.3) is 0 Å². The molecule has 1 aromatic rings. The summed E-state index contributed by atoms with van der Waals surface area (Å²) < 4.78 is 33.1. The molecule has 1 aromatic carbocycles. The van der Waals surface area contributed by atoms with Crippen LogP contribution in [0.3, 0.4) is 0 Å². The first kappa shape index (κ1) is 14.1. The van der Waals surface area contributed by atoms with Crippen molar-refractivity contribution in [3.8, 4) is 0 Å². The molecule has 0 amide bonds. The van der Waals surface area contributed by atoms with E-state index in [2.05, 4.69) is 9.47 Å². The van der Waals surface area contributed by atoms with Crippen LogP contribution >= 0.6 is 0 Å². The summed E-state index contributed by atoms with van der Waals surface area (Å²) in [6.45, 7) is -2.63. The number of rotatable bonds is 6. The third kappa shape index (κ3) is 4.48. The maximum atomic E-state index is 11.9. The van der Waals surface area contributed by atoms with Gasteiger partial charge in [0.15, 0.2) is 13.3 Å². The van der Waals surface area contributed by atoms with Gasteiger partial charge in [-0.25, -0.2) is 18.4 Å². The molecule has 0 saturated heterocycles. The molecule has 0 radical (unpaired) electrons. The summed E-state index contributed by atoms with van der Waals surface area (Å²) in [6, 6.07) is 6.67. The molecule has 0 aromatic heterocycles. The predicted octanol–water partition coefficient (Wildman–Crippen LogP) is 1.71. The molecule has 1 rings (SSSR count). The van der Waals surface area contributed by atoms with Gasteiger partial charge in [-0.2, -0.15) is 0 Å². The third-order valence-electron chi connectivity index (χ3n) is 2.11. The van der Waals surface area contributed by atoms with E-state index < -0.39 is 25.3 Å². The summed E-state index contributed by atoms with van der Waals surface area (Å²) in [5.74, 6) is -1.93. The van der Waals surface area contributed by atoms with E-state index in [0.29, 0.717) is 11.1 Å². The number of carbonyl (C=O) groups excluding carboxylic acids is 2. The molecule has 0 N–H and O–H groups in total. The summed E-state index contributed by atoms with van der Waals surface area (Å²) in [4.78, 5) is 21.4. The molecule has 0 aliphatic rings. The van der Waals surface area contributed by atoms with E-state index in [1.54, 1.807) is 24.3 Å². The molecular weight excluding hydrogens is 246 g/mol. The highest BCUT2D eigenvalue weighted by Gasteiger charge is 2.08. The zero-order chi connectivity index (χ0) is 13.4. The first-order valence-corrected chi connectivity index (χ1v) is 5.17. The molecule has 0 heterocycles. The Hall–Kier alpha value is -1.98. The van der Waals surface area contributed by atoms with Crippen molar-refractivity contribution in [1.82, 2.24) is 0 Å². The van der Waals surface area contributed by atoms with Crippen LogP contribution in [0.5, 0.6) is 0 Å². The van der Waals surface area contributed by atoms with Crippen molar-refractivity contribution in [3.63, 3.8) is 0 Å². The van der Waals surface area contributed by atoms with Crippen LogP contribution in [0.2, 0.25) is 0 Å². The lowest BCUT2D eigenvalue weighted by Crippen LogP contribution is -2.10. The summed E-state index contributed by atoms with van der Waals surface area (Å²) >= 11 is 0. The monoisotopic (exact) mass is 258 g/mol. The lowest BCUT2D eigenvalue weighted by molar-refractivity contribution is -0.147. The van der Waals surface area contributed by atoms with Crippen molar-refractivity contribution in [2.45, 2.75) is 13.2 Å². The Balaban J connectivity index is 2.61. The standard InChI is InChI=1S/C12H12F2O4/c13-5-11(15)17-7-9-3-1-2-4-10(9)8-18-12(16)6-14/h1-4H,5-8H2. The minimum absolute atomic E-state index is 0.119. The Kier molecular flexibility index (Phi) is 5.76. The highest BCUT2D eigenvalue weighted by molar-refractivity contribution is 5.71. The molecule has 6 heteroatoms. The summed E-state index contributed by atoms with van der Waals surface area (Å²) in [5, 5.41) is 0. The third-order valence-corrected chi connectivity index (χ3v) is 2.11. The number of carbonyl (C=O) groups is 2. The number of hydrogen-bond acceptors (Lipinski definition) is 4. The number of ether oxygens (including phenoxy) is 2. The van der Waals surface area contributed by atoms with E-state index >= 15 is 0 Å². The molecule has 0 fully saturated rings. The average molecular weight is 258 g/mol. The minimum Gasteiger partial charge on any atom is -0.459 e. The number of alkyl halides is 2. The molecule has 0 spiro atoms. The van der Waals surface area contributed by atoms with Gasteiger partial charge in [0, 0.05) is 0 Å². The van der Waals surface area contributed by atoms with Crippen LogP contribution in [0.25, 0.3) is 0 Å². The molecule has 0 atom stereocenters. The van der Waals surface area contributed by atoms with Gasteiger partial charge >= 0.3 is 11.9 Å². The molecule has 0 aliphatic heterocycles. The maximum absolute atomic E-state index is 11.9. The van der Waals surface area contributed by atoms with E-state index in [1.807, 2.05) is 0 Å². The number of benzene rings is 1. The van der Waals surface area contributed by atoms with Crippen molar-refractivity contribution < 1.29 is 27.8 Å². The first-order valence-electron chi connectivity index (χ1n) is 5.17. The van der Waals surface area contributed by atoms with Gasteiger partial charge in [0.1, 0.15) is 13.2 Å². The van der Waals surface area contributed by atoms with Gasteiger partial charge in [0.05, 0.1) is 0 Å². The van der Waals surface area contributed by atoms with E-state index in [-0.39, 0.29) is 13.2 Å². The van der Waals surface area contributed by atoms with E-state index in [1.165, 1.54) is 0 Å². The van der Waals surface area contributed by atoms with Gasteiger partial charge in [-0.1, -0.05) is 24.3 Å². The van der Waals surface area contributed by atoms with E-state index in [4.69, 9.17) is 0 Å². The molecule has 98 valence electrons. The van der Waals surface area contributed by atoms with Crippen LogP contribution in [0, 0.1) is 0 Å². The second-order valence-electron chi connectivity index (χ2n) is 3.36. The van der Waals surface area contributed by atoms with Crippen LogP contribution in [-0.2, 0) is 32.3 Å². The number of hydrogen-bond donors (Lipinski definition) is 0. The molecule has 0 saturated carbocycles. The fourth-order valence-electron chi connectivity index (χ4n) is 1.23. The van der Waals surface area contributed by atoms with Crippen LogP contribution in [-0.4, -0.2) is 25.3 Å². The Morgan fingerprint density at radius 1 is 0.889 bits per heavy atom. The highest BCUT2D eigenvalue weighted by atomic mass is 19.1. The molecule has 0 bridgehead atoms. The fourth-order valence-corrected chi connectivity index (χ4v) is 1.23. The van der Waals surface area contributed by atoms with Crippen molar-refractivity contribution in [2.24, 2.45) is 0 Å². The summed E-state index contributed by atoms with van der Waals surface area (Å²) in [7, 11) is 0. The summed E-state index contributed by atoms with van der Waals surface area (Å²) in [6.07, 6.45) is 0. The molecule has 18 heavy (non-hydrogen) atoms. The quantitative estimate of drug-likeness (QED) is 0.729. The maximum Gasteiger partial charge on any atom is 0.337 e. The lowest BCUT2D eigenvalue weighted by Gasteiger charge is -2.09. The molecular formula is C12H12F2O4. The van der Waals surface area contributed by atoms with E-state index in [9.17, 15) is 18.4 Å². The van der Waals surface area contributed by atoms with Crippen molar-refractivity contribution in [3.05, 3.63) is 35.4 Å². The average Bonchev–Trinajstić information content (AvgIpc) is 2.42. The zero-order valence-electron chi connectivity index (χ0n) is 9.53. The Morgan fingerprint density at radius 3 is 1.61 bits per heavy atom. The fraction of sp³-hybridized carbons (Fsp3) is 0.333. The summed E-state index contributed by atoms with van der Waals surface area (Å²) in [5.41, 5.74) is 1.15. The van der Waals surface area contributed by atoms with Crippen LogP contribution in [0.1, 0.15) is 11.1 Å². The molecule has 0 aliphatic carbocycles. The predicted molar refractivity (Wildman–Crippen MR) is 58.0 cm³/mol. The highest BCUT2D eigenvalue weighted by Crippen LogP contribution is 2.12. The van der Waals surface area contributed by atoms with Crippen molar-refractivity contribution >= 4 is 11.9 Å². The van der Waals surface area contributed by atoms with E-state index in [0.717, 1.165) is 0 Å². The van der Waals surface area contributed by atoms with Gasteiger partial charge < -0.3 is 9.47 Å². The number of esters is 2. The van der Waals surface area contributed by atoms with Crippen LogP contribution in [0.4, 0.5) is 8.78 Å². The van der Waals surface area contributed by atoms with Crippen molar-refractivity contribution in [1.29, 1.82) is 0 Å². The van der Waals surface area contributed by atoms with Gasteiger partial charge in [0.2, 0.25) is 0 Å². The zero-order valence-corrected chi connectivity index (χ0v) is 9.53. The Bertz CT molecular complexity index is 381. The molecule has 4 nitrogen and oxygen atoms in total. The smallest absolute Gasteiger partial charge is 0.337 e. The normalized spacial score (nSPS) is 9.89. The van der Waals surface area contributed by atoms with Gasteiger partial charge in [-0.05, 0) is 11.1 Å². The van der Waals surface area contributed by atoms with Crippen LogP contribution < -0.4 is 0 Å². The Morgan fingerprint density at radius 2 is 1.28 bits per heavy atom.